The maximum atomic E-state index is 14.3. The number of benzene rings is 4. The van der Waals surface area contributed by atoms with Crippen molar-refractivity contribution in [2.75, 3.05) is 0 Å². The Kier molecular flexibility index (Phi) is 7.94. The lowest BCUT2D eigenvalue weighted by Gasteiger charge is -2.15. The number of carboxylic acids is 1. The summed E-state index contributed by atoms with van der Waals surface area (Å²) in [5, 5.41) is 12.1. The zero-order valence-electron chi connectivity index (χ0n) is 22.4. The van der Waals surface area contributed by atoms with Crippen molar-refractivity contribution in [3.05, 3.63) is 130 Å². The van der Waals surface area contributed by atoms with Gasteiger partial charge in [0.1, 0.15) is 5.82 Å². The number of alkyl halides is 6. The van der Waals surface area contributed by atoms with Gasteiger partial charge in [0.25, 0.3) is 5.91 Å². The summed E-state index contributed by atoms with van der Waals surface area (Å²) in [5.74, 6) is -2.80. The molecule has 0 aliphatic rings. The molecule has 1 amide bonds. The van der Waals surface area contributed by atoms with E-state index in [1.165, 1.54) is 60.8 Å². The molecule has 2 N–H and O–H groups in total. The van der Waals surface area contributed by atoms with Crippen LogP contribution >= 0.6 is 0 Å². The Morgan fingerprint density at radius 2 is 1.39 bits per heavy atom. The highest BCUT2D eigenvalue weighted by atomic mass is 19.4. The number of hydrogen-bond acceptors (Lipinski definition) is 2. The SMILES string of the molecule is O=C(O)c1ccc(CNC(=O)c2ccc(-c3cc(F)cc(C(F)(F)F)c3)c3ccn(Cc4ccc(C(F)(F)F)cc4)c23)cc1. The van der Waals surface area contributed by atoms with Gasteiger partial charge in [-0.05, 0) is 76.9 Å². The van der Waals surface area contributed by atoms with Crippen molar-refractivity contribution in [2.24, 2.45) is 0 Å². The summed E-state index contributed by atoms with van der Waals surface area (Å²) in [6, 6.07) is 16.6. The maximum Gasteiger partial charge on any atom is 0.416 e. The van der Waals surface area contributed by atoms with Crippen LogP contribution in [0.4, 0.5) is 30.7 Å². The second-order valence-corrected chi connectivity index (χ2v) is 9.97. The van der Waals surface area contributed by atoms with Crippen molar-refractivity contribution in [3.63, 3.8) is 0 Å². The van der Waals surface area contributed by atoms with E-state index in [2.05, 4.69) is 5.32 Å². The number of amides is 1. The van der Waals surface area contributed by atoms with Crippen LogP contribution in [-0.4, -0.2) is 21.6 Å². The summed E-state index contributed by atoms with van der Waals surface area (Å²) >= 11 is 0. The van der Waals surface area contributed by atoms with Gasteiger partial charge in [0.05, 0.1) is 27.8 Å². The fourth-order valence-electron chi connectivity index (χ4n) is 4.84. The molecule has 12 heteroatoms. The number of carbonyl (C=O) groups excluding carboxylic acids is 1. The largest absolute Gasteiger partial charge is 0.478 e. The van der Waals surface area contributed by atoms with Crippen molar-refractivity contribution in [1.82, 2.24) is 9.88 Å². The lowest BCUT2D eigenvalue weighted by atomic mass is 9.97. The van der Waals surface area contributed by atoms with E-state index in [1.54, 1.807) is 4.57 Å². The van der Waals surface area contributed by atoms with Crippen LogP contribution < -0.4 is 5.32 Å². The number of nitrogens with zero attached hydrogens (tertiary/aromatic N) is 1. The standard InChI is InChI=1S/C32H21F7N2O3/c33-24-14-21(13-23(15-24)32(37,38)39)25-9-10-27(29(42)40-16-18-1-5-20(6-2-18)30(43)44)28-26(25)11-12-41(28)17-19-3-7-22(8-4-19)31(34,35)36/h1-15H,16-17H2,(H,40,42)(H,43,44). The molecule has 0 saturated heterocycles. The van der Waals surface area contributed by atoms with E-state index in [0.717, 1.165) is 24.3 Å². The van der Waals surface area contributed by atoms with Gasteiger partial charge in [-0.1, -0.05) is 30.3 Å². The number of nitrogens with one attached hydrogen (secondary N) is 1. The maximum absolute atomic E-state index is 14.3. The van der Waals surface area contributed by atoms with Crippen LogP contribution in [0.5, 0.6) is 0 Å². The third-order valence-electron chi connectivity index (χ3n) is 6.99. The number of aromatic nitrogens is 1. The monoisotopic (exact) mass is 614 g/mol. The molecule has 0 atom stereocenters. The van der Waals surface area contributed by atoms with Crippen LogP contribution in [0.3, 0.4) is 0 Å². The highest BCUT2D eigenvalue weighted by molar-refractivity contribution is 6.10. The van der Waals surface area contributed by atoms with Crippen molar-refractivity contribution in [3.8, 4) is 11.1 Å². The summed E-state index contributed by atoms with van der Waals surface area (Å²) in [6.45, 7) is 0.0272. The van der Waals surface area contributed by atoms with E-state index in [9.17, 15) is 40.3 Å². The van der Waals surface area contributed by atoms with Crippen molar-refractivity contribution < 1.29 is 45.4 Å². The molecule has 0 aliphatic carbocycles. The molecule has 5 rings (SSSR count). The van der Waals surface area contributed by atoms with Gasteiger partial charge in [0, 0.05) is 24.7 Å². The Bertz CT molecular complexity index is 1860. The van der Waals surface area contributed by atoms with E-state index < -0.39 is 41.2 Å². The fourth-order valence-corrected chi connectivity index (χ4v) is 4.84. The summed E-state index contributed by atoms with van der Waals surface area (Å²) in [7, 11) is 0. The minimum Gasteiger partial charge on any atom is -0.478 e. The number of fused-ring (bicyclic) bond motifs is 1. The lowest BCUT2D eigenvalue weighted by molar-refractivity contribution is -0.138. The van der Waals surface area contributed by atoms with E-state index in [0.29, 0.717) is 22.6 Å². The van der Waals surface area contributed by atoms with Gasteiger partial charge < -0.3 is 15.0 Å². The molecule has 0 saturated carbocycles. The first-order valence-electron chi connectivity index (χ1n) is 13.0. The summed E-state index contributed by atoms with van der Waals surface area (Å²) in [6.07, 6.45) is -7.81. The van der Waals surface area contributed by atoms with Gasteiger partial charge in [-0.15, -0.1) is 0 Å². The Morgan fingerprint density at radius 1 is 0.750 bits per heavy atom. The van der Waals surface area contributed by atoms with Gasteiger partial charge >= 0.3 is 18.3 Å². The van der Waals surface area contributed by atoms with Crippen LogP contribution in [-0.2, 0) is 25.4 Å². The normalized spacial score (nSPS) is 12.0. The Balaban J connectivity index is 1.56. The predicted octanol–water partition coefficient (Wildman–Crippen LogP) is 8.16. The molecule has 0 fully saturated rings. The number of halogens is 7. The third kappa shape index (κ3) is 6.43. The first-order valence-corrected chi connectivity index (χ1v) is 13.0. The number of aromatic carboxylic acids is 1. The first kappa shape index (κ1) is 30.3. The van der Waals surface area contributed by atoms with E-state index in [4.69, 9.17) is 5.11 Å². The van der Waals surface area contributed by atoms with E-state index in [-0.39, 0.29) is 40.9 Å². The smallest absolute Gasteiger partial charge is 0.416 e. The van der Waals surface area contributed by atoms with Crippen LogP contribution in [0, 0.1) is 5.82 Å². The van der Waals surface area contributed by atoms with Crippen molar-refractivity contribution >= 4 is 22.8 Å². The lowest BCUT2D eigenvalue weighted by Crippen LogP contribution is -2.23. The molecule has 5 aromatic rings. The number of carbonyl (C=O) groups is 2. The number of hydrogen-bond donors (Lipinski definition) is 2. The minimum absolute atomic E-state index is 0.0129. The average Bonchev–Trinajstić information content (AvgIpc) is 3.38. The number of carboxylic acid groups (broad SMARTS) is 1. The van der Waals surface area contributed by atoms with E-state index in [1.807, 2.05) is 0 Å². The molecule has 1 aromatic heterocycles. The minimum atomic E-state index is -4.81. The molecule has 0 unspecified atom stereocenters. The zero-order valence-corrected chi connectivity index (χ0v) is 22.4. The summed E-state index contributed by atoms with van der Waals surface area (Å²) in [4.78, 5) is 24.5. The molecule has 0 bridgehead atoms. The summed E-state index contributed by atoms with van der Waals surface area (Å²) < 4.78 is 95.4. The highest BCUT2D eigenvalue weighted by Gasteiger charge is 2.32. The molecule has 44 heavy (non-hydrogen) atoms. The first-order chi connectivity index (χ1) is 20.7. The number of rotatable bonds is 7. The van der Waals surface area contributed by atoms with Crippen molar-refractivity contribution in [2.45, 2.75) is 25.4 Å². The highest BCUT2D eigenvalue weighted by Crippen LogP contribution is 2.37. The third-order valence-corrected chi connectivity index (χ3v) is 6.99. The quantitative estimate of drug-likeness (QED) is 0.182. The molecule has 0 aliphatic heterocycles. The average molecular weight is 615 g/mol. The molecule has 1 heterocycles. The van der Waals surface area contributed by atoms with Crippen LogP contribution in [0.1, 0.15) is 43.0 Å². The Hall–Kier alpha value is -5.13. The Labute approximate surface area is 245 Å². The topological polar surface area (TPSA) is 71.3 Å². The van der Waals surface area contributed by atoms with Gasteiger partial charge in [-0.25, -0.2) is 9.18 Å². The van der Waals surface area contributed by atoms with Gasteiger partial charge in [-0.2, -0.15) is 26.3 Å². The predicted molar refractivity (Wildman–Crippen MR) is 147 cm³/mol. The summed E-state index contributed by atoms with van der Waals surface area (Å²) in [5.41, 5.74) is -0.438. The van der Waals surface area contributed by atoms with Crippen LogP contribution in [0.25, 0.3) is 22.0 Å². The zero-order chi connectivity index (χ0) is 31.8. The molecule has 4 aromatic carbocycles. The van der Waals surface area contributed by atoms with Crippen molar-refractivity contribution in [1.29, 1.82) is 0 Å². The van der Waals surface area contributed by atoms with Gasteiger partial charge in [-0.3, -0.25) is 4.79 Å². The molecule has 5 nitrogen and oxygen atoms in total. The van der Waals surface area contributed by atoms with Crippen LogP contribution in [0.2, 0.25) is 0 Å². The van der Waals surface area contributed by atoms with Gasteiger partial charge in [0.15, 0.2) is 0 Å². The second-order valence-electron chi connectivity index (χ2n) is 9.97. The molecule has 0 spiro atoms. The van der Waals surface area contributed by atoms with E-state index >= 15 is 0 Å². The Morgan fingerprint density at radius 3 is 2.00 bits per heavy atom. The molecule has 226 valence electrons. The fraction of sp³-hybridized carbons (Fsp3) is 0.125. The molecule has 0 radical (unpaired) electrons. The molecular formula is C32H21F7N2O3. The van der Waals surface area contributed by atoms with Crippen LogP contribution in [0.15, 0.2) is 91.1 Å². The van der Waals surface area contributed by atoms with Gasteiger partial charge in [0.2, 0.25) is 0 Å². The second kappa shape index (κ2) is 11.5. The molecular weight excluding hydrogens is 593 g/mol.